The highest BCUT2D eigenvalue weighted by atomic mass is 16.5. The van der Waals surface area contributed by atoms with Crippen molar-refractivity contribution < 1.29 is 23.6 Å². The van der Waals surface area contributed by atoms with E-state index in [1.807, 2.05) is 24.3 Å². The fraction of sp³-hybridized carbons (Fsp3) is 0.500. The van der Waals surface area contributed by atoms with Crippen molar-refractivity contribution in [1.29, 1.82) is 0 Å². The van der Waals surface area contributed by atoms with Gasteiger partial charge in [-0.3, -0.25) is 14.4 Å². The van der Waals surface area contributed by atoms with Crippen LogP contribution in [0.25, 0.3) is 0 Å². The summed E-state index contributed by atoms with van der Waals surface area (Å²) in [5, 5.41) is 9.17. The molecule has 1 atom stereocenters. The molecule has 9 nitrogen and oxygen atoms in total. The number of aryl methyl sites for hydroxylation is 1. The number of carbonyl (C=O) groups excluding carboxylic acids is 3. The molecule has 1 aromatic carbocycles. The van der Waals surface area contributed by atoms with Gasteiger partial charge < -0.3 is 24.8 Å². The molecule has 0 bridgehead atoms. The van der Waals surface area contributed by atoms with Gasteiger partial charge in [-0.2, -0.15) is 0 Å². The maximum absolute atomic E-state index is 13.0. The molecule has 33 heavy (non-hydrogen) atoms. The van der Waals surface area contributed by atoms with Gasteiger partial charge in [0.25, 0.3) is 0 Å². The maximum atomic E-state index is 13.0. The molecule has 3 amide bonds. The zero-order valence-electron chi connectivity index (χ0n) is 19.4. The number of benzene rings is 1. The Kier molecular flexibility index (Phi) is 8.59. The smallest absolute Gasteiger partial charge is 0.240 e. The highest BCUT2D eigenvalue weighted by Crippen LogP contribution is 2.21. The van der Waals surface area contributed by atoms with Crippen LogP contribution in [0, 0.1) is 6.92 Å². The zero-order valence-corrected chi connectivity index (χ0v) is 19.4. The highest BCUT2D eigenvalue weighted by molar-refractivity contribution is 6.01. The predicted octanol–water partition coefficient (Wildman–Crippen LogP) is 3.15. The predicted molar refractivity (Wildman–Crippen MR) is 124 cm³/mol. The van der Waals surface area contributed by atoms with Crippen molar-refractivity contribution in [3.05, 3.63) is 41.7 Å². The third-order valence-corrected chi connectivity index (χ3v) is 5.49. The molecule has 1 aliphatic rings. The van der Waals surface area contributed by atoms with Crippen LogP contribution >= 0.6 is 0 Å². The number of nitrogens with one attached hydrogen (secondary N) is 2. The van der Waals surface area contributed by atoms with E-state index < -0.39 is 0 Å². The number of nitrogens with zero attached hydrogens (tertiary/aromatic N) is 2. The Morgan fingerprint density at radius 3 is 2.52 bits per heavy atom. The quantitative estimate of drug-likeness (QED) is 0.568. The van der Waals surface area contributed by atoms with E-state index in [1.54, 1.807) is 13.0 Å². The monoisotopic (exact) mass is 456 g/mol. The molecular weight excluding hydrogens is 424 g/mol. The van der Waals surface area contributed by atoms with E-state index in [0.29, 0.717) is 36.3 Å². The average Bonchev–Trinajstić information content (AvgIpc) is 3.46. The molecule has 178 valence electrons. The van der Waals surface area contributed by atoms with Gasteiger partial charge in [-0.25, -0.2) is 0 Å². The molecule has 2 heterocycles. The summed E-state index contributed by atoms with van der Waals surface area (Å²) < 4.78 is 10.5. The van der Waals surface area contributed by atoms with E-state index in [4.69, 9.17) is 9.26 Å². The second-order valence-electron chi connectivity index (χ2n) is 8.54. The fourth-order valence-corrected chi connectivity index (χ4v) is 3.58. The number of anilines is 2. The molecule has 3 rings (SSSR count). The Morgan fingerprint density at radius 2 is 1.91 bits per heavy atom. The first-order chi connectivity index (χ1) is 15.8. The van der Waals surface area contributed by atoms with E-state index in [9.17, 15) is 14.4 Å². The summed E-state index contributed by atoms with van der Waals surface area (Å²) in [6.07, 6.45) is 1.84. The van der Waals surface area contributed by atoms with Crippen LogP contribution in [-0.4, -0.2) is 48.7 Å². The van der Waals surface area contributed by atoms with Crippen molar-refractivity contribution >= 4 is 29.2 Å². The topological polar surface area (TPSA) is 114 Å². The molecule has 9 heteroatoms. The first kappa shape index (κ1) is 24.4. The molecule has 1 aromatic heterocycles. The van der Waals surface area contributed by atoms with Crippen LogP contribution in [0.1, 0.15) is 56.8 Å². The lowest BCUT2D eigenvalue weighted by Crippen LogP contribution is -2.43. The van der Waals surface area contributed by atoms with Crippen LogP contribution in [0.5, 0.6) is 0 Å². The third-order valence-electron chi connectivity index (χ3n) is 5.49. The second-order valence-corrected chi connectivity index (χ2v) is 8.54. The van der Waals surface area contributed by atoms with E-state index in [1.165, 1.54) is 4.90 Å². The maximum Gasteiger partial charge on any atom is 0.240 e. The van der Waals surface area contributed by atoms with Crippen LogP contribution in [0.2, 0.25) is 0 Å². The van der Waals surface area contributed by atoms with E-state index >= 15 is 0 Å². The second kappa shape index (κ2) is 11.6. The van der Waals surface area contributed by atoms with E-state index in [0.717, 1.165) is 18.4 Å². The number of hydrogen-bond donors (Lipinski definition) is 2. The SMILES string of the molecule is Cc1cc(NC(=O)CCC(=O)N(CC(=O)NC[C@H]2CCCO2)c2ccc(C(C)C)cc2)no1. The van der Waals surface area contributed by atoms with Crippen molar-refractivity contribution in [3.63, 3.8) is 0 Å². The highest BCUT2D eigenvalue weighted by Gasteiger charge is 2.22. The lowest BCUT2D eigenvalue weighted by atomic mass is 10.0. The minimum atomic E-state index is -0.352. The molecule has 0 spiro atoms. The van der Waals surface area contributed by atoms with Gasteiger partial charge >= 0.3 is 0 Å². The molecule has 1 fully saturated rings. The molecule has 0 aliphatic carbocycles. The first-order valence-electron chi connectivity index (χ1n) is 11.3. The Balaban J connectivity index is 1.62. The number of ether oxygens (including phenoxy) is 1. The summed E-state index contributed by atoms with van der Waals surface area (Å²) in [6, 6.07) is 9.16. The van der Waals surface area contributed by atoms with Crippen LogP contribution < -0.4 is 15.5 Å². The Morgan fingerprint density at radius 1 is 1.15 bits per heavy atom. The van der Waals surface area contributed by atoms with Gasteiger partial charge in [0.1, 0.15) is 12.3 Å². The van der Waals surface area contributed by atoms with Gasteiger partial charge in [0.2, 0.25) is 17.7 Å². The number of amides is 3. The van der Waals surface area contributed by atoms with Crippen LogP contribution in [0.4, 0.5) is 11.5 Å². The minimum Gasteiger partial charge on any atom is -0.376 e. The summed E-state index contributed by atoms with van der Waals surface area (Å²) >= 11 is 0. The Bertz CT molecular complexity index is 948. The van der Waals surface area contributed by atoms with E-state index in [-0.39, 0.29) is 43.2 Å². The lowest BCUT2D eigenvalue weighted by Gasteiger charge is -2.23. The van der Waals surface area contributed by atoms with Gasteiger partial charge in [0, 0.05) is 37.7 Å². The van der Waals surface area contributed by atoms with Crippen molar-refractivity contribution in [2.24, 2.45) is 0 Å². The summed E-state index contributed by atoms with van der Waals surface area (Å²) in [6.45, 7) is 6.90. The molecular formula is C24H32N4O5. The fourth-order valence-electron chi connectivity index (χ4n) is 3.58. The van der Waals surface area contributed by atoms with Gasteiger partial charge in [0.05, 0.1) is 6.10 Å². The number of carbonyl (C=O) groups is 3. The summed E-state index contributed by atoms with van der Waals surface area (Å²) in [7, 11) is 0. The van der Waals surface area contributed by atoms with Gasteiger partial charge in [-0.1, -0.05) is 31.1 Å². The average molecular weight is 457 g/mol. The Labute approximate surface area is 193 Å². The number of hydrogen-bond acceptors (Lipinski definition) is 6. The van der Waals surface area contributed by atoms with Gasteiger partial charge in [-0.05, 0) is 43.4 Å². The zero-order chi connectivity index (χ0) is 23.8. The van der Waals surface area contributed by atoms with Crippen LogP contribution in [0.15, 0.2) is 34.9 Å². The third kappa shape index (κ3) is 7.42. The summed E-state index contributed by atoms with van der Waals surface area (Å²) in [4.78, 5) is 39.3. The summed E-state index contributed by atoms with van der Waals surface area (Å²) in [5.74, 6) is 0.294. The normalized spacial score (nSPS) is 15.5. The largest absolute Gasteiger partial charge is 0.376 e. The summed E-state index contributed by atoms with van der Waals surface area (Å²) in [5.41, 5.74) is 1.75. The molecule has 0 unspecified atom stereocenters. The molecule has 0 saturated carbocycles. The van der Waals surface area contributed by atoms with Gasteiger partial charge in [0.15, 0.2) is 5.82 Å². The molecule has 1 aliphatic heterocycles. The van der Waals surface area contributed by atoms with Gasteiger partial charge in [-0.15, -0.1) is 0 Å². The Hall–Kier alpha value is -3.20. The van der Waals surface area contributed by atoms with Crippen LogP contribution in [-0.2, 0) is 19.1 Å². The molecule has 2 aromatic rings. The van der Waals surface area contributed by atoms with Crippen molar-refractivity contribution in [2.45, 2.75) is 58.5 Å². The van der Waals surface area contributed by atoms with E-state index in [2.05, 4.69) is 29.6 Å². The molecule has 0 radical (unpaired) electrons. The minimum absolute atomic E-state index is 0.0206. The van der Waals surface area contributed by atoms with Crippen LogP contribution in [0.3, 0.4) is 0 Å². The molecule has 1 saturated heterocycles. The van der Waals surface area contributed by atoms with Crippen molar-refractivity contribution in [1.82, 2.24) is 10.5 Å². The van der Waals surface area contributed by atoms with Crippen molar-refractivity contribution in [2.75, 3.05) is 29.9 Å². The standard InChI is InChI=1S/C24H32N4O5/c1-16(2)18-6-8-19(9-7-18)28(15-23(30)25-14-20-5-4-12-32-20)24(31)11-10-22(29)26-21-13-17(3)33-27-21/h6-9,13,16,20H,4-5,10-12,14-15H2,1-3H3,(H,25,30)(H,26,27,29)/t20-/m1/s1. The number of rotatable bonds is 10. The first-order valence-corrected chi connectivity index (χ1v) is 11.3. The van der Waals surface area contributed by atoms with Crippen molar-refractivity contribution in [3.8, 4) is 0 Å². The molecule has 2 N–H and O–H groups in total. The number of aromatic nitrogens is 1. The lowest BCUT2D eigenvalue weighted by molar-refractivity contribution is -0.125.